The number of amides is 1. The molecule has 11 nitrogen and oxygen atoms in total. The Morgan fingerprint density at radius 2 is 1.70 bits per heavy atom. The molecule has 0 saturated carbocycles. The number of anilines is 1. The van der Waals surface area contributed by atoms with E-state index in [2.05, 4.69) is 11.5 Å². The summed E-state index contributed by atoms with van der Waals surface area (Å²) in [6.45, 7) is 11.3. The Hall–Kier alpha value is -4.81. The highest BCUT2D eigenvalue weighted by Gasteiger charge is 2.38. The number of hydrogen-bond donors (Lipinski definition) is 0. The summed E-state index contributed by atoms with van der Waals surface area (Å²) in [4.78, 5) is 30.1. The number of hydrogen-bond acceptors (Lipinski definition) is 7. The number of aryl methyl sites for hydroxylation is 6. The summed E-state index contributed by atoms with van der Waals surface area (Å²) >= 11 is 13.6. The number of fused-ring (bicyclic) bond motifs is 4. The maximum absolute atomic E-state index is 15.4. The van der Waals surface area contributed by atoms with Crippen molar-refractivity contribution >= 4 is 62.6 Å². The largest absolute Gasteiger partial charge is 0.494 e. The number of esters is 1. The van der Waals surface area contributed by atoms with E-state index in [0.29, 0.717) is 48.1 Å². The first-order valence-electron chi connectivity index (χ1n) is 18.6. The van der Waals surface area contributed by atoms with E-state index in [1.165, 1.54) is 7.11 Å². The van der Waals surface area contributed by atoms with Crippen LogP contribution in [0, 0.1) is 27.7 Å². The molecule has 0 spiro atoms. The van der Waals surface area contributed by atoms with Gasteiger partial charge >= 0.3 is 5.97 Å². The van der Waals surface area contributed by atoms with Crippen molar-refractivity contribution in [2.45, 2.75) is 60.1 Å². The number of methoxy groups -OCH3 is 2. The van der Waals surface area contributed by atoms with Crippen molar-refractivity contribution in [3.8, 4) is 16.9 Å². The smallest absolute Gasteiger partial charge is 0.354 e. The standard InChI is InChI=1S/C43H47Cl2N5O6/c1-23-15-30(16-24(2)38(23)45)56-14-10-11-31-32-12-13-33(44)37(36-26(4)46-48(7)27(36)5)40(32)50-25(3)20-49(42(51)41(31)50)34-18-28(21-55-22-53-8)17-29-19-35(43(52)54-9)47(6)39(29)34/h12-13,15-19,25H,10-11,14,20-22H2,1-9H3/t25-/m1/s1. The average Bonchev–Trinajstić information content (AvgIpc) is 3.77. The van der Waals surface area contributed by atoms with Crippen molar-refractivity contribution in [1.82, 2.24) is 18.9 Å². The van der Waals surface area contributed by atoms with Gasteiger partial charge in [0, 0.05) is 66.4 Å². The van der Waals surface area contributed by atoms with Gasteiger partial charge in [0.2, 0.25) is 0 Å². The second-order valence-corrected chi connectivity index (χ2v) is 15.4. The van der Waals surface area contributed by atoms with E-state index >= 15 is 4.79 Å². The van der Waals surface area contributed by atoms with E-state index < -0.39 is 5.97 Å². The van der Waals surface area contributed by atoms with Crippen molar-refractivity contribution in [2.75, 3.05) is 39.1 Å². The molecule has 56 heavy (non-hydrogen) atoms. The molecule has 6 aromatic rings. The van der Waals surface area contributed by atoms with E-state index in [-0.39, 0.29) is 25.3 Å². The highest BCUT2D eigenvalue weighted by Crippen LogP contribution is 2.46. The summed E-state index contributed by atoms with van der Waals surface area (Å²) in [7, 11) is 6.67. The second kappa shape index (κ2) is 15.6. The minimum atomic E-state index is -0.468. The minimum Gasteiger partial charge on any atom is -0.494 e. The normalized spacial score (nSPS) is 14.3. The van der Waals surface area contributed by atoms with Crippen LogP contribution in [0.2, 0.25) is 10.0 Å². The zero-order chi connectivity index (χ0) is 40.2. The zero-order valence-corrected chi connectivity index (χ0v) is 34.8. The van der Waals surface area contributed by atoms with E-state index in [1.54, 1.807) is 17.7 Å². The number of carbonyl (C=O) groups is 2. The number of ether oxygens (including phenoxy) is 4. The maximum Gasteiger partial charge on any atom is 0.354 e. The van der Waals surface area contributed by atoms with E-state index in [4.69, 9.17) is 47.2 Å². The van der Waals surface area contributed by atoms with Gasteiger partial charge in [0.15, 0.2) is 0 Å². The van der Waals surface area contributed by atoms with Crippen LogP contribution in [0.15, 0.2) is 42.5 Å². The number of carbonyl (C=O) groups excluding carboxylic acids is 2. The van der Waals surface area contributed by atoms with Crippen LogP contribution in [0.3, 0.4) is 0 Å². The van der Waals surface area contributed by atoms with Gasteiger partial charge in [-0.2, -0.15) is 5.10 Å². The van der Waals surface area contributed by atoms with Crippen LogP contribution in [0.25, 0.3) is 32.9 Å². The summed E-state index contributed by atoms with van der Waals surface area (Å²) in [5, 5.41) is 7.80. The molecule has 3 aromatic carbocycles. The van der Waals surface area contributed by atoms with Gasteiger partial charge in [-0.1, -0.05) is 29.3 Å². The van der Waals surface area contributed by atoms with Gasteiger partial charge in [0.1, 0.15) is 23.9 Å². The third-order valence-corrected chi connectivity index (χ3v) is 11.8. The van der Waals surface area contributed by atoms with Gasteiger partial charge in [-0.3, -0.25) is 9.48 Å². The van der Waals surface area contributed by atoms with Gasteiger partial charge < -0.3 is 33.0 Å². The molecule has 0 radical (unpaired) electrons. The molecule has 3 aromatic heterocycles. The molecule has 0 bridgehead atoms. The summed E-state index contributed by atoms with van der Waals surface area (Å²) in [6, 6.07) is 13.4. The molecule has 0 aliphatic carbocycles. The highest BCUT2D eigenvalue weighted by molar-refractivity contribution is 6.35. The SMILES string of the molecule is COCOCc1cc(N2C[C@@H](C)n3c(c(CCCOc4cc(C)c(Cl)c(C)c4)c4ccc(Cl)c(-c5c(C)nn(C)c5C)c43)C2=O)c2c(c1)cc(C(=O)OC)n2C. The maximum atomic E-state index is 15.4. The molecular weight excluding hydrogens is 753 g/mol. The monoisotopic (exact) mass is 799 g/mol. The van der Waals surface area contributed by atoms with Gasteiger partial charge in [-0.25, -0.2) is 4.79 Å². The Balaban J connectivity index is 1.39. The summed E-state index contributed by atoms with van der Waals surface area (Å²) in [6.07, 6.45) is 1.22. The van der Waals surface area contributed by atoms with Crippen molar-refractivity contribution in [2.24, 2.45) is 14.1 Å². The van der Waals surface area contributed by atoms with Crippen LogP contribution >= 0.6 is 23.2 Å². The van der Waals surface area contributed by atoms with Crippen LogP contribution in [0.1, 0.15) is 74.0 Å². The predicted molar refractivity (Wildman–Crippen MR) is 221 cm³/mol. The molecule has 294 valence electrons. The average molecular weight is 801 g/mol. The predicted octanol–water partition coefficient (Wildman–Crippen LogP) is 9.21. The Labute approximate surface area is 336 Å². The third-order valence-electron chi connectivity index (χ3n) is 10.9. The van der Waals surface area contributed by atoms with Crippen LogP contribution in [0.4, 0.5) is 5.69 Å². The molecule has 0 N–H and O–H groups in total. The molecule has 1 amide bonds. The fourth-order valence-corrected chi connectivity index (χ4v) is 8.67. The van der Waals surface area contributed by atoms with Gasteiger partial charge in [0.05, 0.1) is 47.8 Å². The van der Waals surface area contributed by atoms with Crippen LogP contribution in [-0.2, 0) is 41.3 Å². The first-order chi connectivity index (χ1) is 26.8. The zero-order valence-electron chi connectivity index (χ0n) is 33.3. The summed E-state index contributed by atoms with van der Waals surface area (Å²) < 4.78 is 28.1. The lowest BCUT2D eigenvalue weighted by Gasteiger charge is -2.35. The molecule has 7 rings (SSSR count). The van der Waals surface area contributed by atoms with Crippen LogP contribution < -0.4 is 9.64 Å². The Morgan fingerprint density at radius 3 is 2.36 bits per heavy atom. The number of nitrogens with zero attached hydrogens (tertiary/aromatic N) is 5. The number of aromatic nitrogens is 4. The molecule has 0 unspecified atom stereocenters. The van der Waals surface area contributed by atoms with Gasteiger partial charge in [-0.05, 0) is 106 Å². The number of halogens is 2. The highest BCUT2D eigenvalue weighted by atomic mass is 35.5. The first-order valence-corrected chi connectivity index (χ1v) is 19.4. The molecule has 0 saturated heterocycles. The molecule has 4 heterocycles. The quantitative estimate of drug-likeness (QED) is 0.0691. The van der Waals surface area contributed by atoms with E-state index in [0.717, 1.165) is 77.3 Å². The van der Waals surface area contributed by atoms with Crippen molar-refractivity contribution in [3.05, 3.63) is 97.5 Å². The van der Waals surface area contributed by atoms with E-state index in [1.807, 2.05) is 87.8 Å². The Kier molecular flexibility index (Phi) is 11.0. The molecule has 1 aliphatic rings. The first kappa shape index (κ1) is 39.4. The molecular formula is C43H47Cl2N5O6. The van der Waals surface area contributed by atoms with Crippen LogP contribution in [0.5, 0.6) is 5.75 Å². The lowest BCUT2D eigenvalue weighted by molar-refractivity contribution is -0.0390. The summed E-state index contributed by atoms with van der Waals surface area (Å²) in [5.74, 6) is 0.134. The Bertz CT molecular complexity index is 2510. The van der Waals surface area contributed by atoms with Crippen LogP contribution in [-0.4, -0.2) is 65.0 Å². The molecule has 0 fully saturated rings. The lowest BCUT2D eigenvalue weighted by atomic mass is 9.98. The molecule has 1 aliphatic heterocycles. The van der Waals surface area contributed by atoms with Gasteiger partial charge in [-0.15, -0.1) is 0 Å². The lowest BCUT2D eigenvalue weighted by Crippen LogP contribution is -2.43. The topological polar surface area (TPSA) is 102 Å². The molecule has 1 atom stereocenters. The third kappa shape index (κ3) is 6.74. The number of rotatable bonds is 12. The van der Waals surface area contributed by atoms with Gasteiger partial charge in [0.25, 0.3) is 5.91 Å². The van der Waals surface area contributed by atoms with E-state index in [9.17, 15) is 4.79 Å². The second-order valence-electron chi connectivity index (χ2n) is 14.7. The number of benzene rings is 3. The van der Waals surface area contributed by atoms with Crippen molar-refractivity contribution in [1.29, 1.82) is 0 Å². The Morgan fingerprint density at radius 1 is 0.964 bits per heavy atom. The van der Waals surface area contributed by atoms with Crippen molar-refractivity contribution < 1.29 is 28.5 Å². The fraction of sp³-hybridized carbons (Fsp3) is 0.372. The van der Waals surface area contributed by atoms with Crippen molar-refractivity contribution in [3.63, 3.8) is 0 Å². The molecule has 13 heteroatoms. The fourth-order valence-electron chi connectivity index (χ4n) is 8.31. The minimum absolute atomic E-state index is 0.112. The summed E-state index contributed by atoms with van der Waals surface area (Å²) in [5.41, 5.74) is 10.6.